The number of pyridine rings is 1. The van der Waals surface area contributed by atoms with Crippen molar-refractivity contribution in [2.24, 2.45) is 7.05 Å². The summed E-state index contributed by atoms with van der Waals surface area (Å²) in [4.78, 5) is 23.8. The number of nitrogens with zero attached hydrogens (tertiary/aromatic N) is 4. The van der Waals surface area contributed by atoms with Gasteiger partial charge < -0.3 is 9.47 Å². The second-order valence-corrected chi connectivity index (χ2v) is 8.17. The van der Waals surface area contributed by atoms with Crippen molar-refractivity contribution in [3.05, 3.63) is 82.2 Å². The van der Waals surface area contributed by atoms with Crippen LogP contribution in [0.25, 0.3) is 0 Å². The van der Waals surface area contributed by atoms with Crippen LogP contribution in [0.2, 0.25) is 5.02 Å². The Morgan fingerprint density at radius 3 is 2.86 bits per heavy atom. The molecule has 3 heterocycles. The SMILES string of the molecule is Cc1cc(Cc2ccccc2Cl)cc(C2CCCN(C(=O)c3nccn3C)C2)n1. The fourth-order valence-corrected chi connectivity index (χ4v) is 4.26. The summed E-state index contributed by atoms with van der Waals surface area (Å²) in [5, 5.41) is 0.785. The first kappa shape index (κ1) is 19.6. The molecule has 29 heavy (non-hydrogen) atoms. The van der Waals surface area contributed by atoms with E-state index in [1.54, 1.807) is 17.0 Å². The molecule has 150 valence electrons. The average Bonchev–Trinajstić information content (AvgIpc) is 3.15. The molecule has 1 amide bonds. The molecule has 1 fully saturated rings. The van der Waals surface area contributed by atoms with Crippen molar-refractivity contribution in [2.45, 2.75) is 32.1 Å². The lowest BCUT2D eigenvalue weighted by Crippen LogP contribution is -2.40. The molecule has 0 N–H and O–H groups in total. The molecule has 0 aliphatic carbocycles. The molecule has 5 nitrogen and oxygen atoms in total. The molecule has 1 saturated heterocycles. The van der Waals surface area contributed by atoms with Gasteiger partial charge in [0.2, 0.25) is 0 Å². The van der Waals surface area contributed by atoms with Gasteiger partial charge in [0.15, 0.2) is 5.82 Å². The Kier molecular flexibility index (Phi) is 5.67. The Morgan fingerprint density at radius 1 is 1.28 bits per heavy atom. The van der Waals surface area contributed by atoms with Gasteiger partial charge in [0.1, 0.15) is 0 Å². The lowest BCUT2D eigenvalue weighted by atomic mass is 9.92. The summed E-state index contributed by atoms with van der Waals surface area (Å²) in [5.41, 5.74) is 4.37. The second kappa shape index (κ2) is 8.37. The van der Waals surface area contributed by atoms with Gasteiger partial charge in [0.25, 0.3) is 5.91 Å². The monoisotopic (exact) mass is 408 g/mol. The number of amides is 1. The molecule has 0 radical (unpaired) electrons. The zero-order chi connectivity index (χ0) is 20.4. The molecule has 1 aliphatic rings. The van der Waals surface area contributed by atoms with E-state index in [0.717, 1.165) is 47.8 Å². The van der Waals surface area contributed by atoms with Crippen molar-refractivity contribution < 1.29 is 4.79 Å². The van der Waals surface area contributed by atoms with Crippen LogP contribution >= 0.6 is 11.6 Å². The smallest absolute Gasteiger partial charge is 0.289 e. The van der Waals surface area contributed by atoms with Crippen LogP contribution in [0, 0.1) is 6.92 Å². The highest BCUT2D eigenvalue weighted by atomic mass is 35.5. The first-order valence-corrected chi connectivity index (χ1v) is 10.4. The number of carbonyl (C=O) groups is 1. The summed E-state index contributed by atoms with van der Waals surface area (Å²) >= 11 is 6.35. The predicted octanol–water partition coefficient (Wildman–Crippen LogP) is 4.39. The highest BCUT2D eigenvalue weighted by Crippen LogP contribution is 2.28. The maximum Gasteiger partial charge on any atom is 0.289 e. The minimum atomic E-state index is -0.00820. The van der Waals surface area contributed by atoms with E-state index >= 15 is 0 Å². The molecular weight excluding hydrogens is 384 g/mol. The van der Waals surface area contributed by atoms with Gasteiger partial charge in [-0.2, -0.15) is 0 Å². The average molecular weight is 409 g/mol. The molecule has 4 rings (SSSR count). The largest absolute Gasteiger partial charge is 0.335 e. The van der Waals surface area contributed by atoms with E-state index in [9.17, 15) is 4.79 Å². The Balaban J connectivity index is 1.54. The van der Waals surface area contributed by atoms with Crippen LogP contribution in [0.5, 0.6) is 0 Å². The lowest BCUT2D eigenvalue weighted by Gasteiger charge is -2.32. The summed E-state index contributed by atoms with van der Waals surface area (Å²) in [6.07, 6.45) is 6.25. The minimum absolute atomic E-state index is 0.00820. The maximum absolute atomic E-state index is 12.9. The molecule has 2 aromatic heterocycles. The van der Waals surface area contributed by atoms with Gasteiger partial charge in [0, 0.05) is 54.9 Å². The van der Waals surface area contributed by atoms with Crippen molar-refractivity contribution in [2.75, 3.05) is 13.1 Å². The van der Waals surface area contributed by atoms with Crippen LogP contribution in [0.15, 0.2) is 48.8 Å². The lowest BCUT2D eigenvalue weighted by molar-refractivity contribution is 0.0690. The van der Waals surface area contributed by atoms with Crippen molar-refractivity contribution in [1.82, 2.24) is 19.4 Å². The quantitative estimate of drug-likeness (QED) is 0.643. The Bertz CT molecular complexity index is 1030. The second-order valence-electron chi connectivity index (χ2n) is 7.76. The fraction of sp³-hybridized carbons (Fsp3) is 0.348. The first-order valence-electron chi connectivity index (χ1n) is 9.98. The zero-order valence-electron chi connectivity index (χ0n) is 16.8. The molecule has 1 atom stereocenters. The van der Waals surface area contributed by atoms with E-state index in [0.29, 0.717) is 12.4 Å². The van der Waals surface area contributed by atoms with E-state index < -0.39 is 0 Å². The molecular formula is C23H25ClN4O. The third-order valence-corrected chi connectivity index (χ3v) is 5.89. The summed E-state index contributed by atoms with van der Waals surface area (Å²) in [7, 11) is 1.85. The fourth-order valence-electron chi connectivity index (χ4n) is 4.06. The molecule has 1 unspecified atom stereocenters. The van der Waals surface area contributed by atoms with Gasteiger partial charge in [-0.25, -0.2) is 4.98 Å². The van der Waals surface area contributed by atoms with E-state index in [2.05, 4.69) is 23.2 Å². The first-order chi connectivity index (χ1) is 14.0. The standard InChI is InChI=1S/C23H25ClN4O/c1-16-12-17(13-18-6-3-4-8-20(18)24)14-21(26-16)19-7-5-10-28(15-19)23(29)22-25-9-11-27(22)2/h3-4,6,8-9,11-12,14,19H,5,7,10,13,15H2,1-2H3. The topological polar surface area (TPSA) is 51.0 Å². The van der Waals surface area contributed by atoms with Gasteiger partial charge in [-0.05, 0) is 55.5 Å². The van der Waals surface area contributed by atoms with Crippen LogP contribution in [0.4, 0.5) is 0 Å². The van der Waals surface area contributed by atoms with Gasteiger partial charge in [-0.3, -0.25) is 9.78 Å². The number of aryl methyl sites for hydroxylation is 2. The summed E-state index contributed by atoms with van der Waals surface area (Å²) in [6, 6.07) is 12.2. The molecule has 1 aliphatic heterocycles. The zero-order valence-corrected chi connectivity index (χ0v) is 17.6. The number of benzene rings is 1. The van der Waals surface area contributed by atoms with Crippen molar-refractivity contribution in [3.63, 3.8) is 0 Å². The molecule has 0 bridgehead atoms. The number of hydrogen-bond acceptors (Lipinski definition) is 3. The van der Waals surface area contributed by atoms with E-state index in [-0.39, 0.29) is 11.8 Å². The maximum atomic E-state index is 12.9. The summed E-state index contributed by atoms with van der Waals surface area (Å²) < 4.78 is 1.78. The van der Waals surface area contributed by atoms with Gasteiger partial charge in [-0.1, -0.05) is 29.8 Å². The van der Waals surface area contributed by atoms with Crippen LogP contribution in [0.3, 0.4) is 0 Å². The molecule has 6 heteroatoms. The van der Waals surface area contributed by atoms with Crippen LogP contribution in [0.1, 0.15) is 51.9 Å². The highest BCUT2D eigenvalue weighted by Gasteiger charge is 2.28. The number of carbonyl (C=O) groups excluding carboxylic acids is 1. The number of imidazole rings is 1. The Morgan fingerprint density at radius 2 is 2.10 bits per heavy atom. The van der Waals surface area contributed by atoms with Gasteiger partial charge in [-0.15, -0.1) is 0 Å². The van der Waals surface area contributed by atoms with Crippen molar-refractivity contribution in [3.8, 4) is 0 Å². The number of aromatic nitrogens is 3. The van der Waals surface area contributed by atoms with E-state index in [4.69, 9.17) is 16.6 Å². The highest BCUT2D eigenvalue weighted by molar-refractivity contribution is 6.31. The van der Waals surface area contributed by atoms with Crippen LogP contribution in [-0.2, 0) is 13.5 Å². The molecule has 3 aromatic rings. The third kappa shape index (κ3) is 4.35. The summed E-state index contributed by atoms with van der Waals surface area (Å²) in [6.45, 7) is 3.47. The number of piperidine rings is 1. The normalized spacial score (nSPS) is 16.8. The van der Waals surface area contributed by atoms with Gasteiger partial charge in [0.05, 0.1) is 0 Å². The minimum Gasteiger partial charge on any atom is -0.335 e. The number of rotatable bonds is 4. The van der Waals surface area contributed by atoms with Crippen molar-refractivity contribution >= 4 is 17.5 Å². The molecule has 1 aromatic carbocycles. The van der Waals surface area contributed by atoms with Gasteiger partial charge >= 0.3 is 0 Å². The Hall–Kier alpha value is -2.66. The molecule has 0 saturated carbocycles. The Labute approximate surface area is 176 Å². The number of likely N-dealkylation sites (tertiary alicyclic amines) is 1. The number of halogens is 1. The van der Waals surface area contributed by atoms with Crippen LogP contribution in [-0.4, -0.2) is 38.4 Å². The van der Waals surface area contributed by atoms with Crippen LogP contribution < -0.4 is 0 Å². The van der Waals surface area contributed by atoms with E-state index in [1.807, 2.05) is 37.1 Å². The summed E-state index contributed by atoms with van der Waals surface area (Å²) in [5.74, 6) is 0.714. The number of hydrogen-bond donors (Lipinski definition) is 0. The molecule has 0 spiro atoms. The van der Waals surface area contributed by atoms with Crippen molar-refractivity contribution in [1.29, 1.82) is 0 Å². The van der Waals surface area contributed by atoms with E-state index in [1.165, 1.54) is 5.56 Å². The third-order valence-electron chi connectivity index (χ3n) is 5.52. The predicted molar refractivity (Wildman–Crippen MR) is 114 cm³/mol.